The summed E-state index contributed by atoms with van der Waals surface area (Å²) in [6, 6.07) is 16.8. The van der Waals surface area contributed by atoms with E-state index in [1.807, 2.05) is 12.1 Å². The zero-order chi connectivity index (χ0) is 13.9. The van der Waals surface area contributed by atoms with Crippen LogP contribution in [-0.4, -0.2) is 17.7 Å². The van der Waals surface area contributed by atoms with Crippen LogP contribution in [0.3, 0.4) is 0 Å². The molecule has 1 atom stereocenters. The van der Waals surface area contributed by atoms with Gasteiger partial charge in [0, 0.05) is 24.8 Å². The van der Waals surface area contributed by atoms with Gasteiger partial charge in [-0.1, -0.05) is 42.5 Å². The van der Waals surface area contributed by atoms with Gasteiger partial charge in [-0.2, -0.15) is 0 Å². The Labute approximate surface area is 119 Å². The summed E-state index contributed by atoms with van der Waals surface area (Å²) in [5.74, 6) is 0. The Kier molecular flexibility index (Phi) is 3.72. The molecule has 2 aromatic rings. The Balaban J connectivity index is 1.83. The number of nitrogens with two attached hydrogens (primary N) is 1. The fraction of sp³-hybridized carbons (Fsp3) is 0.294. The number of rotatable bonds is 3. The topological polar surface area (TPSA) is 49.5 Å². The number of fused-ring (bicyclic) bond motifs is 1. The van der Waals surface area contributed by atoms with Gasteiger partial charge < -0.3 is 15.7 Å². The predicted molar refractivity (Wildman–Crippen MR) is 81.5 cm³/mol. The monoisotopic (exact) mass is 268 g/mol. The summed E-state index contributed by atoms with van der Waals surface area (Å²) in [7, 11) is 0. The van der Waals surface area contributed by atoms with Crippen molar-refractivity contribution >= 4 is 5.69 Å². The lowest BCUT2D eigenvalue weighted by molar-refractivity contribution is 0.282. The summed E-state index contributed by atoms with van der Waals surface area (Å²) in [6.07, 6.45) is 0.954. The minimum atomic E-state index is 0.0949. The molecule has 1 heterocycles. The molecule has 0 saturated carbocycles. The molecule has 0 bridgehead atoms. The molecule has 0 fully saturated rings. The smallest absolute Gasteiger partial charge is 0.0681 e. The van der Waals surface area contributed by atoms with Crippen molar-refractivity contribution in [3.05, 3.63) is 65.2 Å². The second kappa shape index (κ2) is 5.65. The zero-order valence-corrected chi connectivity index (χ0v) is 11.5. The van der Waals surface area contributed by atoms with Gasteiger partial charge >= 0.3 is 0 Å². The molecule has 2 aromatic carbocycles. The SMILES string of the molecule is NC1Cc2ccccc2N(Cc2ccc(CO)cc2)C1. The number of aliphatic hydroxyl groups excluding tert-OH is 1. The quantitative estimate of drug-likeness (QED) is 0.896. The number of hydrogen-bond acceptors (Lipinski definition) is 3. The highest BCUT2D eigenvalue weighted by atomic mass is 16.3. The summed E-state index contributed by atoms with van der Waals surface area (Å²) in [5, 5.41) is 9.09. The van der Waals surface area contributed by atoms with Crippen molar-refractivity contribution in [1.29, 1.82) is 0 Å². The van der Waals surface area contributed by atoms with Crippen LogP contribution in [0.4, 0.5) is 5.69 Å². The molecule has 1 aliphatic rings. The van der Waals surface area contributed by atoms with Gasteiger partial charge in [0.05, 0.1) is 6.61 Å². The van der Waals surface area contributed by atoms with E-state index >= 15 is 0 Å². The van der Waals surface area contributed by atoms with Crippen molar-refractivity contribution in [2.75, 3.05) is 11.4 Å². The third-order valence-electron chi connectivity index (χ3n) is 3.85. The van der Waals surface area contributed by atoms with Crippen LogP contribution in [0.5, 0.6) is 0 Å². The molecule has 0 aliphatic carbocycles. The van der Waals surface area contributed by atoms with Gasteiger partial charge in [0.25, 0.3) is 0 Å². The molecule has 3 heteroatoms. The minimum absolute atomic E-state index is 0.0949. The summed E-state index contributed by atoms with van der Waals surface area (Å²) >= 11 is 0. The second-order valence-corrected chi connectivity index (χ2v) is 5.45. The van der Waals surface area contributed by atoms with Crippen LogP contribution >= 0.6 is 0 Å². The van der Waals surface area contributed by atoms with E-state index in [1.54, 1.807) is 0 Å². The van der Waals surface area contributed by atoms with Crippen LogP contribution in [0, 0.1) is 0 Å². The average molecular weight is 268 g/mol. The third kappa shape index (κ3) is 2.69. The largest absolute Gasteiger partial charge is 0.392 e. The summed E-state index contributed by atoms with van der Waals surface area (Å²) in [4.78, 5) is 2.34. The number of benzene rings is 2. The highest BCUT2D eigenvalue weighted by molar-refractivity contribution is 5.56. The lowest BCUT2D eigenvalue weighted by Crippen LogP contribution is -2.42. The second-order valence-electron chi connectivity index (χ2n) is 5.45. The van der Waals surface area contributed by atoms with Gasteiger partial charge in [-0.25, -0.2) is 0 Å². The maximum absolute atomic E-state index is 9.09. The van der Waals surface area contributed by atoms with Gasteiger partial charge in [-0.05, 0) is 29.2 Å². The Morgan fingerprint density at radius 1 is 1.05 bits per heavy atom. The number of aliphatic hydroxyl groups is 1. The maximum Gasteiger partial charge on any atom is 0.0681 e. The van der Waals surface area contributed by atoms with Gasteiger partial charge in [-0.3, -0.25) is 0 Å². The first-order chi connectivity index (χ1) is 9.76. The molecule has 3 N–H and O–H groups in total. The van der Waals surface area contributed by atoms with Gasteiger partial charge in [-0.15, -0.1) is 0 Å². The van der Waals surface area contributed by atoms with Crippen LogP contribution in [0.25, 0.3) is 0 Å². The first kappa shape index (κ1) is 13.2. The Morgan fingerprint density at radius 3 is 2.50 bits per heavy atom. The number of anilines is 1. The van der Waals surface area contributed by atoms with E-state index in [9.17, 15) is 0 Å². The number of nitrogens with zero attached hydrogens (tertiary/aromatic N) is 1. The van der Waals surface area contributed by atoms with E-state index in [0.717, 1.165) is 25.1 Å². The van der Waals surface area contributed by atoms with Crippen molar-refractivity contribution in [3.8, 4) is 0 Å². The first-order valence-electron chi connectivity index (χ1n) is 7.03. The van der Waals surface area contributed by atoms with Gasteiger partial charge in [0.2, 0.25) is 0 Å². The summed E-state index contributed by atoms with van der Waals surface area (Å²) in [6.45, 7) is 1.84. The van der Waals surface area contributed by atoms with Crippen molar-refractivity contribution in [2.24, 2.45) is 5.73 Å². The first-order valence-corrected chi connectivity index (χ1v) is 7.03. The molecule has 0 aromatic heterocycles. The van der Waals surface area contributed by atoms with Crippen molar-refractivity contribution in [3.63, 3.8) is 0 Å². The van der Waals surface area contributed by atoms with E-state index in [2.05, 4.69) is 41.3 Å². The Bertz CT molecular complexity index is 580. The fourth-order valence-electron chi connectivity index (χ4n) is 2.84. The molecule has 1 aliphatic heterocycles. The molecule has 0 radical (unpaired) electrons. The summed E-state index contributed by atoms with van der Waals surface area (Å²) in [5.41, 5.74) is 11.0. The normalized spacial score (nSPS) is 17.9. The third-order valence-corrected chi connectivity index (χ3v) is 3.85. The number of hydrogen-bond donors (Lipinski definition) is 2. The van der Waals surface area contributed by atoms with Gasteiger partial charge in [0.15, 0.2) is 0 Å². The molecule has 104 valence electrons. The molecule has 0 saturated heterocycles. The maximum atomic E-state index is 9.09. The zero-order valence-electron chi connectivity index (χ0n) is 11.5. The lowest BCUT2D eigenvalue weighted by atomic mass is 9.98. The highest BCUT2D eigenvalue weighted by Crippen LogP contribution is 2.27. The van der Waals surface area contributed by atoms with E-state index in [4.69, 9.17) is 10.8 Å². The molecule has 0 amide bonds. The molecule has 3 rings (SSSR count). The van der Waals surface area contributed by atoms with Crippen LogP contribution in [0.2, 0.25) is 0 Å². The van der Waals surface area contributed by atoms with Crippen LogP contribution in [0.15, 0.2) is 48.5 Å². The summed E-state index contributed by atoms with van der Waals surface area (Å²) < 4.78 is 0. The van der Waals surface area contributed by atoms with Crippen LogP contribution < -0.4 is 10.6 Å². The Morgan fingerprint density at radius 2 is 1.75 bits per heavy atom. The van der Waals surface area contributed by atoms with E-state index in [1.165, 1.54) is 16.8 Å². The van der Waals surface area contributed by atoms with Crippen molar-refractivity contribution in [1.82, 2.24) is 0 Å². The predicted octanol–water partition coefficient (Wildman–Crippen LogP) is 2.07. The standard InChI is InChI=1S/C17H20N2O/c18-16-9-15-3-1-2-4-17(15)19(11-16)10-13-5-7-14(12-20)8-6-13/h1-8,16,20H,9-12,18H2. The molecular formula is C17H20N2O. The van der Waals surface area contributed by atoms with Crippen molar-refractivity contribution < 1.29 is 5.11 Å². The fourth-order valence-corrected chi connectivity index (χ4v) is 2.84. The minimum Gasteiger partial charge on any atom is -0.392 e. The molecule has 0 spiro atoms. The van der Waals surface area contributed by atoms with E-state index in [0.29, 0.717) is 0 Å². The lowest BCUT2D eigenvalue weighted by Gasteiger charge is -2.34. The van der Waals surface area contributed by atoms with Crippen LogP contribution in [0.1, 0.15) is 16.7 Å². The molecule has 3 nitrogen and oxygen atoms in total. The van der Waals surface area contributed by atoms with Gasteiger partial charge in [0.1, 0.15) is 0 Å². The average Bonchev–Trinajstić information content (AvgIpc) is 2.48. The molecule has 1 unspecified atom stereocenters. The highest BCUT2D eigenvalue weighted by Gasteiger charge is 2.21. The number of para-hydroxylation sites is 1. The Hall–Kier alpha value is -1.84. The van der Waals surface area contributed by atoms with E-state index in [-0.39, 0.29) is 12.6 Å². The molecular weight excluding hydrogens is 248 g/mol. The van der Waals surface area contributed by atoms with Crippen LogP contribution in [-0.2, 0) is 19.6 Å². The molecule has 20 heavy (non-hydrogen) atoms. The van der Waals surface area contributed by atoms with Crippen molar-refractivity contribution in [2.45, 2.75) is 25.6 Å². The van der Waals surface area contributed by atoms with E-state index < -0.39 is 0 Å².